The van der Waals surface area contributed by atoms with Crippen LogP contribution >= 0.6 is 0 Å². The summed E-state index contributed by atoms with van der Waals surface area (Å²) in [6.45, 7) is 5.64. The lowest BCUT2D eigenvalue weighted by molar-refractivity contribution is -0.146. The summed E-state index contributed by atoms with van der Waals surface area (Å²) in [6, 6.07) is -0.388. The molecule has 0 aliphatic carbocycles. The van der Waals surface area contributed by atoms with Crippen LogP contribution in [-0.2, 0) is 9.53 Å². The Balaban J connectivity index is 2.27. The van der Waals surface area contributed by atoms with E-state index in [4.69, 9.17) is 9.84 Å². The van der Waals surface area contributed by atoms with Crippen molar-refractivity contribution in [3.63, 3.8) is 0 Å². The highest BCUT2D eigenvalue weighted by atomic mass is 16.5. The number of hydrazine groups is 1. The lowest BCUT2D eigenvalue weighted by Gasteiger charge is -2.27. The number of carbonyl (C=O) groups excluding carboxylic acids is 1. The summed E-state index contributed by atoms with van der Waals surface area (Å²) in [7, 11) is 0. The number of amides is 2. The average molecular weight is 245 g/mol. The van der Waals surface area contributed by atoms with Crippen LogP contribution in [0.3, 0.4) is 0 Å². The zero-order valence-electron chi connectivity index (χ0n) is 10.2. The molecule has 3 N–H and O–H groups in total. The Kier molecular flexibility index (Phi) is 4.71. The van der Waals surface area contributed by atoms with Crippen LogP contribution in [0.25, 0.3) is 0 Å². The molecule has 1 fully saturated rings. The Labute approximate surface area is 100 Å². The van der Waals surface area contributed by atoms with Crippen molar-refractivity contribution in [3.05, 3.63) is 0 Å². The average Bonchev–Trinajstić information content (AvgIpc) is 2.28. The van der Waals surface area contributed by atoms with Gasteiger partial charge in [0, 0.05) is 19.6 Å². The zero-order valence-corrected chi connectivity index (χ0v) is 10.2. The Hall–Kier alpha value is -1.34. The summed E-state index contributed by atoms with van der Waals surface area (Å²) in [4.78, 5) is 22.3. The molecule has 0 radical (unpaired) electrons. The quantitative estimate of drug-likeness (QED) is 0.629. The van der Waals surface area contributed by atoms with E-state index in [0.29, 0.717) is 26.3 Å². The van der Waals surface area contributed by atoms with Gasteiger partial charge in [0.05, 0.1) is 18.6 Å². The first-order chi connectivity index (χ1) is 7.92. The first kappa shape index (κ1) is 13.7. The fourth-order valence-corrected chi connectivity index (χ4v) is 1.24. The number of aliphatic carboxylic acids is 1. The van der Waals surface area contributed by atoms with Gasteiger partial charge in [0.2, 0.25) is 0 Å². The molecule has 17 heavy (non-hydrogen) atoms. The van der Waals surface area contributed by atoms with Gasteiger partial charge in [-0.1, -0.05) is 0 Å². The van der Waals surface area contributed by atoms with Crippen LogP contribution < -0.4 is 10.7 Å². The predicted molar refractivity (Wildman–Crippen MR) is 60.3 cm³/mol. The molecule has 1 aliphatic heterocycles. The largest absolute Gasteiger partial charge is 0.481 e. The van der Waals surface area contributed by atoms with Gasteiger partial charge in [-0.3, -0.25) is 10.2 Å². The topological polar surface area (TPSA) is 90.9 Å². The Morgan fingerprint density at radius 3 is 2.47 bits per heavy atom. The number of carboxylic acids is 1. The van der Waals surface area contributed by atoms with E-state index in [-0.39, 0.29) is 12.6 Å². The van der Waals surface area contributed by atoms with Crippen molar-refractivity contribution >= 4 is 12.0 Å². The third-order valence-corrected chi connectivity index (χ3v) is 2.54. The summed E-state index contributed by atoms with van der Waals surface area (Å²) < 4.78 is 5.14. The molecule has 1 rings (SSSR count). The molecule has 0 bridgehead atoms. The van der Waals surface area contributed by atoms with Crippen LogP contribution in [-0.4, -0.2) is 55.0 Å². The van der Waals surface area contributed by atoms with Crippen LogP contribution in [0.2, 0.25) is 0 Å². The maximum absolute atomic E-state index is 11.5. The maximum atomic E-state index is 11.5. The molecule has 2 amide bonds. The molecular weight excluding hydrogens is 226 g/mol. The predicted octanol–water partition coefficient (Wildman–Crippen LogP) is -0.356. The summed E-state index contributed by atoms with van der Waals surface area (Å²) >= 11 is 0. The van der Waals surface area contributed by atoms with Crippen LogP contribution in [0.1, 0.15) is 13.8 Å². The number of carboxylic acid groups (broad SMARTS) is 1. The number of nitrogens with one attached hydrogen (secondary N) is 2. The summed E-state index contributed by atoms with van der Waals surface area (Å²) in [5, 5.41) is 13.2. The van der Waals surface area contributed by atoms with Gasteiger partial charge in [-0.15, -0.1) is 0 Å². The highest BCUT2D eigenvalue weighted by molar-refractivity contribution is 5.77. The number of morpholine rings is 1. The molecular formula is C10H19N3O4. The zero-order chi connectivity index (χ0) is 12.9. The van der Waals surface area contributed by atoms with Gasteiger partial charge < -0.3 is 15.2 Å². The summed E-state index contributed by atoms with van der Waals surface area (Å²) in [5.41, 5.74) is 1.67. The first-order valence-corrected chi connectivity index (χ1v) is 5.52. The molecule has 7 nitrogen and oxygen atoms in total. The molecule has 0 saturated carbocycles. The lowest BCUT2D eigenvalue weighted by Crippen LogP contribution is -2.53. The molecule has 1 heterocycles. The van der Waals surface area contributed by atoms with Crippen molar-refractivity contribution in [1.29, 1.82) is 0 Å². The minimum Gasteiger partial charge on any atom is -0.481 e. The summed E-state index contributed by atoms with van der Waals surface area (Å²) in [6.07, 6.45) is 0. The van der Waals surface area contributed by atoms with E-state index in [2.05, 4.69) is 10.7 Å². The van der Waals surface area contributed by atoms with Gasteiger partial charge in [-0.25, -0.2) is 9.80 Å². The Morgan fingerprint density at radius 2 is 1.94 bits per heavy atom. The molecule has 0 aromatic heterocycles. The molecule has 0 aromatic carbocycles. The van der Waals surface area contributed by atoms with Crippen LogP contribution in [0.4, 0.5) is 4.79 Å². The van der Waals surface area contributed by atoms with Gasteiger partial charge in [-0.05, 0) is 13.8 Å². The van der Waals surface area contributed by atoms with E-state index in [1.807, 2.05) is 0 Å². The van der Waals surface area contributed by atoms with Crippen molar-refractivity contribution in [1.82, 2.24) is 15.8 Å². The standard InChI is InChI=1S/C10H19N3O4/c1-10(2,8(14)15)7-11-9(16)12-13-3-5-17-6-4-13/h3-7H2,1-2H3,(H,14,15)(H2,11,12,16). The van der Waals surface area contributed by atoms with E-state index in [1.54, 1.807) is 18.9 Å². The SMILES string of the molecule is CC(C)(CNC(=O)NN1CCOCC1)C(=O)O. The van der Waals surface area contributed by atoms with Gasteiger partial charge in [0.1, 0.15) is 0 Å². The summed E-state index contributed by atoms with van der Waals surface area (Å²) in [5.74, 6) is -0.941. The maximum Gasteiger partial charge on any atom is 0.329 e. The number of hydrogen-bond donors (Lipinski definition) is 3. The highest BCUT2D eigenvalue weighted by Gasteiger charge is 2.27. The lowest BCUT2D eigenvalue weighted by atomic mass is 9.94. The highest BCUT2D eigenvalue weighted by Crippen LogP contribution is 2.12. The Bertz CT molecular complexity index is 287. The minimum atomic E-state index is -0.970. The third kappa shape index (κ3) is 4.58. The van der Waals surface area contributed by atoms with Gasteiger partial charge in [0.15, 0.2) is 0 Å². The second-order valence-electron chi connectivity index (χ2n) is 4.58. The molecule has 0 aromatic rings. The van der Waals surface area contributed by atoms with Gasteiger partial charge in [0.25, 0.3) is 0 Å². The van der Waals surface area contributed by atoms with E-state index in [9.17, 15) is 9.59 Å². The van der Waals surface area contributed by atoms with Crippen LogP contribution in [0.15, 0.2) is 0 Å². The van der Waals surface area contributed by atoms with E-state index in [1.165, 1.54) is 0 Å². The molecule has 0 atom stereocenters. The monoisotopic (exact) mass is 245 g/mol. The van der Waals surface area contributed by atoms with Gasteiger partial charge >= 0.3 is 12.0 Å². The fraction of sp³-hybridized carbons (Fsp3) is 0.800. The Morgan fingerprint density at radius 1 is 1.35 bits per heavy atom. The molecule has 0 unspecified atom stereocenters. The van der Waals surface area contributed by atoms with Crippen molar-refractivity contribution in [3.8, 4) is 0 Å². The minimum absolute atomic E-state index is 0.0819. The van der Waals surface area contributed by atoms with Crippen LogP contribution in [0, 0.1) is 5.41 Å². The first-order valence-electron chi connectivity index (χ1n) is 5.52. The smallest absolute Gasteiger partial charge is 0.329 e. The number of nitrogens with zero attached hydrogens (tertiary/aromatic N) is 1. The second-order valence-corrected chi connectivity index (χ2v) is 4.58. The molecule has 1 aliphatic rings. The number of carbonyl (C=O) groups is 2. The van der Waals surface area contributed by atoms with Crippen molar-refractivity contribution in [2.45, 2.75) is 13.8 Å². The number of hydrogen-bond acceptors (Lipinski definition) is 4. The normalized spacial score (nSPS) is 17.5. The van der Waals surface area contributed by atoms with E-state index < -0.39 is 11.4 Å². The fourth-order valence-electron chi connectivity index (χ4n) is 1.24. The molecule has 1 saturated heterocycles. The van der Waals surface area contributed by atoms with E-state index >= 15 is 0 Å². The van der Waals surface area contributed by atoms with Crippen LogP contribution in [0.5, 0.6) is 0 Å². The number of ether oxygens (including phenoxy) is 1. The van der Waals surface area contributed by atoms with Gasteiger partial charge in [-0.2, -0.15) is 0 Å². The van der Waals surface area contributed by atoms with Crippen molar-refractivity contribution < 1.29 is 19.4 Å². The molecule has 7 heteroatoms. The van der Waals surface area contributed by atoms with Crippen molar-refractivity contribution in [2.24, 2.45) is 5.41 Å². The van der Waals surface area contributed by atoms with E-state index in [0.717, 1.165) is 0 Å². The number of rotatable bonds is 4. The molecule has 0 spiro atoms. The van der Waals surface area contributed by atoms with Crippen molar-refractivity contribution in [2.75, 3.05) is 32.8 Å². The molecule has 98 valence electrons. The number of urea groups is 1. The second kappa shape index (κ2) is 5.83. The third-order valence-electron chi connectivity index (χ3n) is 2.54.